The third-order valence-corrected chi connectivity index (χ3v) is 4.43. The van der Waals surface area contributed by atoms with E-state index in [0.717, 1.165) is 21.7 Å². The summed E-state index contributed by atoms with van der Waals surface area (Å²) in [5, 5.41) is 12.0. The first-order chi connectivity index (χ1) is 11.2. The highest BCUT2D eigenvalue weighted by Gasteiger charge is 2.08. The molecule has 3 rings (SSSR count). The van der Waals surface area contributed by atoms with Crippen molar-refractivity contribution < 1.29 is 9.50 Å². The van der Waals surface area contributed by atoms with Gasteiger partial charge in [-0.15, -0.1) is 11.3 Å². The molecule has 0 aliphatic carbocycles. The summed E-state index contributed by atoms with van der Waals surface area (Å²) >= 11 is 7.36. The van der Waals surface area contributed by atoms with Gasteiger partial charge in [-0.1, -0.05) is 11.6 Å². The molecule has 0 spiro atoms. The second kappa shape index (κ2) is 7.08. The predicted octanol–water partition coefficient (Wildman–Crippen LogP) is 4.23. The number of rotatable bonds is 4. The van der Waals surface area contributed by atoms with Crippen LogP contribution in [0.25, 0.3) is 11.3 Å². The third kappa shape index (κ3) is 3.69. The molecule has 23 heavy (non-hydrogen) atoms. The topological polar surface area (TPSA) is 37.5 Å². The predicted molar refractivity (Wildman–Crippen MR) is 91.5 cm³/mol. The fraction of sp³-hybridized carbons (Fsp3) is 0.118. The molecule has 0 radical (unpaired) electrons. The van der Waals surface area contributed by atoms with Gasteiger partial charge in [0.1, 0.15) is 5.82 Å². The van der Waals surface area contributed by atoms with Crippen LogP contribution in [0.15, 0.2) is 58.9 Å². The van der Waals surface area contributed by atoms with Crippen molar-refractivity contribution in [3.8, 4) is 11.3 Å². The minimum Gasteiger partial charge on any atom is -0.395 e. The molecule has 0 aliphatic heterocycles. The SMILES string of the molecule is OCCn1c(-c2ccc(F)cc2)csc1=Nc1ccc(Cl)cc1. The van der Waals surface area contributed by atoms with E-state index in [-0.39, 0.29) is 12.4 Å². The second-order valence-electron chi connectivity index (χ2n) is 4.87. The van der Waals surface area contributed by atoms with Gasteiger partial charge in [-0.2, -0.15) is 0 Å². The Kier molecular flexibility index (Phi) is 4.91. The number of hydrogen-bond donors (Lipinski definition) is 1. The Morgan fingerprint density at radius 1 is 1.09 bits per heavy atom. The highest BCUT2D eigenvalue weighted by Crippen LogP contribution is 2.21. The van der Waals surface area contributed by atoms with E-state index in [0.29, 0.717) is 11.6 Å². The lowest BCUT2D eigenvalue weighted by Crippen LogP contribution is -2.17. The van der Waals surface area contributed by atoms with Crippen LogP contribution in [0.5, 0.6) is 0 Å². The lowest BCUT2D eigenvalue weighted by atomic mass is 10.2. The van der Waals surface area contributed by atoms with Gasteiger partial charge >= 0.3 is 0 Å². The standard InChI is InChI=1S/C17H14ClFN2OS/c18-13-3-7-15(8-4-13)20-17-21(9-10-22)16(11-23-17)12-1-5-14(19)6-2-12/h1-8,11,22H,9-10H2. The van der Waals surface area contributed by atoms with Crippen LogP contribution in [0.1, 0.15) is 0 Å². The summed E-state index contributed by atoms with van der Waals surface area (Å²) in [6, 6.07) is 13.5. The van der Waals surface area contributed by atoms with Gasteiger partial charge in [0.2, 0.25) is 0 Å². The molecule has 0 saturated heterocycles. The Morgan fingerprint density at radius 2 is 1.78 bits per heavy atom. The van der Waals surface area contributed by atoms with Gasteiger partial charge in [-0.25, -0.2) is 9.38 Å². The third-order valence-electron chi connectivity index (χ3n) is 3.31. The number of benzene rings is 2. The Hall–Kier alpha value is -1.95. The van der Waals surface area contributed by atoms with Gasteiger partial charge in [-0.05, 0) is 54.1 Å². The van der Waals surface area contributed by atoms with Gasteiger partial charge in [0.25, 0.3) is 0 Å². The molecule has 0 unspecified atom stereocenters. The molecule has 1 N–H and O–H groups in total. The largest absolute Gasteiger partial charge is 0.395 e. The highest BCUT2D eigenvalue weighted by atomic mass is 35.5. The molecular weight excluding hydrogens is 335 g/mol. The van der Waals surface area contributed by atoms with Crippen molar-refractivity contribution in [2.45, 2.75) is 6.54 Å². The van der Waals surface area contributed by atoms with Crippen LogP contribution in [0, 0.1) is 5.82 Å². The van der Waals surface area contributed by atoms with Crippen molar-refractivity contribution in [3.63, 3.8) is 0 Å². The van der Waals surface area contributed by atoms with Crippen LogP contribution in [0.3, 0.4) is 0 Å². The molecule has 0 saturated carbocycles. The van der Waals surface area contributed by atoms with E-state index in [1.54, 1.807) is 24.3 Å². The van der Waals surface area contributed by atoms with Crippen LogP contribution < -0.4 is 4.80 Å². The van der Waals surface area contributed by atoms with Crippen molar-refractivity contribution in [2.75, 3.05) is 6.61 Å². The maximum atomic E-state index is 13.1. The Morgan fingerprint density at radius 3 is 2.43 bits per heavy atom. The smallest absolute Gasteiger partial charge is 0.190 e. The normalized spacial score (nSPS) is 11.9. The van der Waals surface area contributed by atoms with E-state index in [4.69, 9.17) is 11.6 Å². The van der Waals surface area contributed by atoms with Gasteiger partial charge in [0.15, 0.2) is 4.80 Å². The first kappa shape index (κ1) is 15.9. The molecule has 118 valence electrons. The van der Waals surface area contributed by atoms with E-state index in [1.165, 1.54) is 23.5 Å². The van der Waals surface area contributed by atoms with Crippen molar-refractivity contribution in [1.29, 1.82) is 0 Å². The van der Waals surface area contributed by atoms with E-state index in [1.807, 2.05) is 22.1 Å². The molecule has 1 aromatic heterocycles. The molecule has 0 bridgehead atoms. The van der Waals surface area contributed by atoms with Crippen LogP contribution in [-0.4, -0.2) is 16.3 Å². The molecule has 6 heteroatoms. The zero-order valence-electron chi connectivity index (χ0n) is 12.1. The van der Waals surface area contributed by atoms with Gasteiger partial charge in [0, 0.05) is 16.9 Å². The Labute approximate surface area is 142 Å². The lowest BCUT2D eigenvalue weighted by Gasteiger charge is -2.07. The molecule has 3 aromatic rings. The zero-order valence-corrected chi connectivity index (χ0v) is 13.7. The summed E-state index contributed by atoms with van der Waals surface area (Å²) in [7, 11) is 0. The monoisotopic (exact) mass is 348 g/mol. The minimum atomic E-state index is -0.274. The van der Waals surface area contributed by atoms with E-state index in [9.17, 15) is 9.50 Å². The lowest BCUT2D eigenvalue weighted by molar-refractivity contribution is 0.275. The Bertz CT molecular complexity index is 854. The summed E-state index contributed by atoms with van der Waals surface area (Å²) in [6.07, 6.45) is 0. The summed E-state index contributed by atoms with van der Waals surface area (Å²) in [4.78, 5) is 5.37. The number of halogens is 2. The average molecular weight is 349 g/mol. The molecule has 0 amide bonds. The second-order valence-corrected chi connectivity index (χ2v) is 6.15. The van der Waals surface area contributed by atoms with E-state index < -0.39 is 0 Å². The first-order valence-corrected chi connectivity index (χ1v) is 8.28. The van der Waals surface area contributed by atoms with Crippen LogP contribution in [0.4, 0.5) is 10.1 Å². The minimum absolute atomic E-state index is 0.00126. The molecule has 3 nitrogen and oxygen atoms in total. The van der Waals surface area contributed by atoms with Crippen LogP contribution in [-0.2, 0) is 6.54 Å². The van der Waals surface area contributed by atoms with Gasteiger partial charge in [-0.3, -0.25) is 0 Å². The van der Waals surface area contributed by atoms with Crippen molar-refractivity contribution >= 4 is 28.6 Å². The van der Waals surface area contributed by atoms with Crippen molar-refractivity contribution in [2.24, 2.45) is 4.99 Å². The number of aromatic nitrogens is 1. The fourth-order valence-electron chi connectivity index (χ4n) is 2.21. The summed E-state index contributed by atoms with van der Waals surface area (Å²) in [5.41, 5.74) is 2.57. The maximum absolute atomic E-state index is 13.1. The average Bonchev–Trinajstić information content (AvgIpc) is 2.94. The van der Waals surface area contributed by atoms with Crippen LogP contribution >= 0.6 is 22.9 Å². The maximum Gasteiger partial charge on any atom is 0.190 e. The number of thiazole rings is 1. The molecule has 2 aromatic carbocycles. The van der Waals surface area contributed by atoms with Crippen LogP contribution in [0.2, 0.25) is 5.02 Å². The summed E-state index contributed by atoms with van der Waals surface area (Å²) < 4.78 is 15.0. The molecule has 0 atom stereocenters. The first-order valence-electron chi connectivity index (χ1n) is 7.03. The molecule has 0 aliphatic rings. The summed E-state index contributed by atoms with van der Waals surface area (Å²) in [6.45, 7) is 0.418. The zero-order chi connectivity index (χ0) is 16.2. The number of aliphatic hydroxyl groups excluding tert-OH is 1. The van der Waals surface area contributed by atoms with E-state index >= 15 is 0 Å². The van der Waals surface area contributed by atoms with Crippen molar-refractivity contribution in [3.05, 3.63) is 69.6 Å². The number of hydrogen-bond acceptors (Lipinski definition) is 3. The highest BCUT2D eigenvalue weighted by molar-refractivity contribution is 7.07. The molecule has 1 heterocycles. The Balaban J connectivity index is 2.08. The van der Waals surface area contributed by atoms with Gasteiger partial charge < -0.3 is 9.67 Å². The summed E-state index contributed by atoms with van der Waals surface area (Å²) in [5.74, 6) is -0.274. The van der Waals surface area contributed by atoms with E-state index in [2.05, 4.69) is 4.99 Å². The fourth-order valence-corrected chi connectivity index (χ4v) is 3.29. The quantitative estimate of drug-likeness (QED) is 0.752. The van der Waals surface area contributed by atoms with Gasteiger partial charge in [0.05, 0.1) is 18.0 Å². The number of nitrogens with zero attached hydrogens (tertiary/aromatic N) is 2. The number of aliphatic hydroxyl groups is 1. The van der Waals surface area contributed by atoms with Crippen molar-refractivity contribution in [1.82, 2.24) is 4.57 Å². The molecule has 0 fully saturated rings. The molecular formula is C17H14ClFN2OS.